The van der Waals surface area contributed by atoms with Crippen LogP contribution in [0.15, 0.2) is 40.8 Å². The van der Waals surface area contributed by atoms with Gasteiger partial charge in [0.2, 0.25) is 0 Å². The Balaban J connectivity index is 2.11. The minimum absolute atomic E-state index is 0.00694. The van der Waals surface area contributed by atoms with Crippen molar-refractivity contribution in [3.63, 3.8) is 0 Å². The van der Waals surface area contributed by atoms with E-state index in [9.17, 15) is 18.0 Å². The number of hydrogen-bond donors (Lipinski definition) is 1. The highest BCUT2D eigenvalue weighted by atomic mass is 35.5. The van der Waals surface area contributed by atoms with E-state index >= 15 is 0 Å². The van der Waals surface area contributed by atoms with Crippen LogP contribution in [0.25, 0.3) is 11.0 Å². The molecule has 1 heterocycles. The molecule has 3 rings (SSSR count). The predicted octanol–water partition coefficient (Wildman–Crippen LogP) is 5.96. The maximum atomic E-state index is 13.3. The molecule has 0 aliphatic heterocycles. The van der Waals surface area contributed by atoms with Crippen LogP contribution in [0, 0.1) is 0 Å². The summed E-state index contributed by atoms with van der Waals surface area (Å²) in [4.78, 5) is 11.1. The summed E-state index contributed by atoms with van der Waals surface area (Å²) in [5, 5.41) is 9.80. The molecule has 26 heavy (non-hydrogen) atoms. The molecule has 0 bridgehead atoms. The normalized spacial score (nSPS) is 11.9. The number of aryl methyl sites for hydroxylation is 1. The third kappa shape index (κ3) is 3.42. The number of carboxylic acid groups (broad SMARTS) is 1. The summed E-state index contributed by atoms with van der Waals surface area (Å²) < 4.78 is 45.6. The number of fused-ring (bicyclic) bond motifs is 1. The van der Waals surface area contributed by atoms with E-state index in [1.165, 1.54) is 24.3 Å². The van der Waals surface area contributed by atoms with E-state index in [1.807, 2.05) is 6.92 Å². The number of halogens is 4. The van der Waals surface area contributed by atoms with Gasteiger partial charge in [-0.3, -0.25) is 0 Å². The summed E-state index contributed by atoms with van der Waals surface area (Å²) in [5.41, 5.74) is 0.412. The van der Waals surface area contributed by atoms with Crippen molar-refractivity contribution in [2.75, 3.05) is 0 Å². The highest BCUT2D eigenvalue weighted by Crippen LogP contribution is 2.36. The van der Waals surface area contributed by atoms with Crippen LogP contribution < -0.4 is 0 Å². The van der Waals surface area contributed by atoms with Gasteiger partial charge in [0.25, 0.3) is 0 Å². The fourth-order valence-corrected chi connectivity index (χ4v) is 3.18. The van der Waals surface area contributed by atoms with Gasteiger partial charge in [-0.25, -0.2) is 4.79 Å². The second kappa shape index (κ2) is 6.68. The van der Waals surface area contributed by atoms with Crippen molar-refractivity contribution in [1.82, 2.24) is 0 Å². The number of carboxylic acids is 1. The minimum Gasteiger partial charge on any atom is -0.478 e. The van der Waals surface area contributed by atoms with Crippen molar-refractivity contribution < 1.29 is 27.5 Å². The van der Waals surface area contributed by atoms with E-state index < -0.39 is 17.7 Å². The zero-order valence-corrected chi connectivity index (χ0v) is 14.4. The Labute approximate surface area is 152 Å². The van der Waals surface area contributed by atoms with Crippen LogP contribution in [0.4, 0.5) is 13.2 Å². The first-order chi connectivity index (χ1) is 12.2. The summed E-state index contributed by atoms with van der Waals surface area (Å²) >= 11 is 5.72. The van der Waals surface area contributed by atoms with Crippen molar-refractivity contribution >= 4 is 28.5 Å². The van der Waals surface area contributed by atoms with Crippen LogP contribution in [0.2, 0.25) is 5.02 Å². The van der Waals surface area contributed by atoms with Crippen LogP contribution in [0.1, 0.15) is 39.7 Å². The molecular weight excluding hydrogens is 369 g/mol. The quantitative estimate of drug-likeness (QED) is 0.606. The van der Waals surface area contributed by atoms with Gasteiger partial charge in [-0.05, 0) is 42.3 Å². The lowest BCUT2D eigenvalue weighted by Gasteiger charge is -2.13. The summed E-state index contributed by atoms with van der Waals surface area (Å²) in [5.74, 6) is -0.710. The highest BCUT2D eigenvalue weighted by Gasteiger charge is 2.34. The van der Waals surface area contributed by atoms with Gasteiger partial charge >= 0.3 is 12.1 Å². The first kappa shape index (κ1) is 18.3. The van der Waals surface area contributed by atoms with Gasteiger partial charge in [-0.1, -0.05) is 24.6 Å². The summed E-state index contributed by atoms with van der Waals surface area (Å²) in [6.45, 7) is 1.87. The van der Waals surface area contributed by atoms with Crippen LogP contribution in [-0.2, 0) is 19.0 Å². The molecule has 0 spiro atoms. The topological polar surface area (TPSA) is 50.4 Å². The highest BCUT2D eigenvalue weighted by molar-refractivity contribution is 6.30. The second-order valence-electron chi connectivity index (χ2n) is 5.85. The molecule has 0 saturated heterocycles. The number of benzene rings is 2. The number of aromatic carboxylic acids is 1. The number of hydrogen-bond acceptors (Lipinski definition) is 2. The zero-order valence-electron chi connectivity index (χ0n) is 13.7. The lowest BCUT2D eigenvalue weighted by Crippen LogP contribution is -2.09. The molecule has 0 atom stereocenters. The van der Waals surface area contributed by atoms with E-state index in [4.69, 9.17) is 21.1 Å². The average molecular weight is 383 g/mol. The van der Waals surface area contributed by atoms with E-state index in [0.29, 0.717) is 23.2 Å². The molecule has 0 amide bonds. The Morgan fingerprint density at radius 3 is 2.54 bits per heavy atom. The van der Waals surface area contributed by atoms with Crippen molar-refractivity contribution in [1.29, 1.82) is 0 Å². The average Bonchev–Trinajstić information content (AvgIpc) is 2.91. The molecule has 1 aromatic heterocycles. The maximum Gasteiger partial charge on any atom is 0.416 e. The molecule has 3 nitrogen and oxygen atoms in total. The monoisotopic (exact) mass is 382 g/mol. The number of furan rings is 1. The van der Waals surface area contributed by atoms with Gasteiger partial charge in [-0.2, -0.15) is 13.2 Å². The molecule has 3 aromatic rings. The molecule has 0 fully saturated rings. The predicted molar refractivity (Wildman–Crippen MR) is 91.8 cm³/mol. The van der Waals surface area contributed by atoms with Gasteiger partial charge in [0, 0.05) is 22.4 Å². The SMILES string of the molecule is CCc1c(Cc2ccc(Cl)cc2C(F)(F)F)oc2cc(C(=O)O)ccc12. The largest absolute Gasteiger partial charge is 0.478 e. The van der Waals surface area contributed by atoms with Crippen LogP contribution in [-0.4, -0.2) is 11.1 Å². The smallest absolute Gasteiger partial charge is 0.416 e. The Hall–Kier alpha value is -2.47. The second-order valence-corrected chi connectivity index (χ2v) is 6.29. The molecule has 0 aliphatic rings. The van der Waals surface area contributed by atoms with Crippen molar-refractivity contribution in [2.45, 2.75) is 25.9 Å². The summed E-state index contributed by atoms with van der Waals surface area (Å²) in [6.07, 6.45) is -4.05. The Morgan fingerprint density at radius 2 is 1.92 bits per heavy atom. The Kier molecular flexibility index (Phi) is 4.71. The van der Waals surface area contributed by atoms with Gasteiger partial charge in [0.05, 0.1) is 11.1 Å². The molecule has 7 heteroatoms. The van der Waals surface area contributed by atoms with Gasteiger partial charge in [0.15, 0.2) is 0 Å². The maximum absolute atomic E-state index is 13.3. The van der Waals surface area contributed by atoms with Gasteiger partial charge < -0.3 is 9.52 Å². The van der Waals surface area contributed by atoms with Crippen LogP contribution in [0.3, 0.4) is 0 Å². The lowest BCUT2D eigenvalue weighted by atomic mass is 9.99. The van der Waals surface area contributed by atoms with Crippen molar-refractivity contribution in [3.05, 3.63) is 69.4 Å². The fourth-order valence-electron chi connectivity index (χ4n) is 3.00. The van der Waals surface area contributed by atoms with E-state index in [2.05, 4.69) is 0 Å². The number of carbonyl (C=O) groups is 1. The molecule has 0 unspecified atom stereocenters. The van der Waals surface area contributed by atoms with E-state index in [-0.39, 0.29) is 22.6 Å². The standard InChI is InChI=1S/C19H14ClF3O3/c1-2-13-14-6-4-11(18(24)25)8-17(14)26-16(13)7-10-3-5-12(20)9-15(10)19(21,22)23/h3-6,8-9H,2,7H2,1H3,(H,24,25). The third-order valence-corrected chi connectivity index (χ3v) is 4.44. The molecule has 0 aliphatic carbocycles. The molecule has 0 saturated carbocycles. The Bertz CT molecular complexity index is 990. The molecule has 136 valence electrons. The third-order valence-electron chi connectivity index (χ3n) is 4.21. The fraction of sp³-hybridized carbons (Fsp3) is 0.211. The zero-order chi connectivity index (χ0) is 19.1. The molecule has 1 N–H and O–H groups in total. The first-order valence-corrected chi connectivity index (χ1v) is 8.21. The van der Waals surface area contributed by atoms with Crippen molar-refractivity contribution in [3.8, 4) is 0 Å². The molecule has 2 aromatic carbocycles. The van der Waals surface area contributed by atoms with Crippen LogP contribution in [0.5, 0.6) is 0 Å². The molecule has 0 radical (unpaired) electrons. The Morgan fingerprint density at radius 1 is 1.19 bits per heavy atom. The van der Waals surface area contributed by atoms with Crippen molar-refractivity contribution in [2.24, 2.45) is 0 Å². The van der Waals surface area contributed by atoms with Crippen LogP contribution >= 0.6 is 11.6 Å². The first-order valence-electron chi connectivity index (χ1n) is 7.84. The minimum atomic E-state index is -4.53. The summed E-state index contributed by atoms with van der Waals surface area (Å²) in [6, 6.07) is 8.09. The van der Waals surface area contributed by atoms with Gasteiger partial charge in [-0.15, -0.1) is 0 Å². The number of alkyl halides is 3. The number of rotatable bonds is 4. The lowest BCUT2D eigenvalue weighted by molar-refractivity contribution is -0.138. The van der Waals surface area contributed by atoms with E-state index in [0.717, 1.165) is 11.6 Å². The van der Waals surface area contributed by atoms with Gasteiger partial charge in [0.1, 0.15) is 11.3 Å². The molecular formula is C19H14ClF3O3. The van der Waals surface area contributed by atoms with E-state index in [1.54, 1.807) is 6.07 Å². The summed E-state index contributed by atoms with van der Waals surface area (Å²) in [7, 11) is 0.